The van der Waals surface area contributed by atoms with E-state index in [1.165, 1.54) is 19.3 Å². The van der Waals surface area contributed by atoms with Crippen LogP contribution in [0.15, 0.2) is 18.2 Å². The van der Waals surface area contributed by atoms with Crippen LogP contribution in [0.1, 0.15) is 30.4 Å². The van der Waals surface area contributed by atoms with E-state index in [9.17, 15) is 10.2 Å². The second-order valence-corrected chi connectivity index (χ2v) is 4.41. The average Bonchev–Trinajstić information content (AvgIpc) is 2.33. The molecule has 1 saturated heterocycles. The number of aliphatic hydroxyl groups excluding tert-OH is 1. The highest BCUT2D eigenvalue weighted by Gasteiger charge is 2.14. The summed E-state index contributed by atoms with van der Waals surface area (Å²) in [5, 5.41) is 19.1. The predicted molar refractivity (Wildman–Crippen MR) is 63.2 cm³/mol. The van der Waals surface area contributed by atoms with Crippen molar-refractivity contribution in [1.82, 2.24) is 4.90 Å². The van der Waals surface area contributed by atoms with Gasteiger partial charge in [-0.15, -0.1) is 0 Å². The van der Waals surface area contributed by atoms with Crippen LogP contribution in [-0.4, -0.2) is 28.2 Å². The molecule has 0 unspecified atom stereocenters. The number of phenolic OH excluding ortho intramolecular Hbond substituents is 1. The molecule has 3 heteroatoms. The van der Waals surface area contributed by atoms with Crippen LogP contribution < -0.4 is 0 Å². The van der Waals surface area contributed by atoms with Gasteiger partial charge >= 0.3 is 0 Å². The first-order valence-electron chi connectivity index (χ1n) is 5.94. The quantitative estimate of drug-likeness (QED) is 0.819. The summed E-state index contributed by atoms with van der Waals surface area (Å²) in [7, 11) is 0. The van der Waals surface area contributed by atoms with Crippen LogP contribution in [0.5, 0.6) is 5.75 Å². The van der Waals surface area contributed by atoms with Crippen LogP contribution in [-0.2, 0) is 13.2 Å². The Labute approximate surface area is 96.3 Å². The monoisotopic (exact) mass is 221 g/mol. The van der Waals surface area contributed by atoms with Gasteiger partial charge in [0.15, 0.2) is 0 Å². The molecule has 0 radical (unpaired) electrons. The number of hydrogen-bond acceptors (Lipinski definition) is 3. The summed E-state index contributed by atoms with van der Waals surface area (Å²) in [4.78, 5) is 2.34. The molecule has 0 bridgehead atoms. The van der Waals surface area contributed by atoms with Crippen molar-refractivity contribution in [2.45, 2.75) is 32.4 Å². The molecule has 0 amide bonds. The smallest absolute Gasteiger partial charge is 0.120 e. The third-order valence-corrected chi connectivity index (χ3v) is 3.25. The van der Waals surface area contributed by atoms with Crippen molar-refractivity contribution in [3.8, 4) is 5.75 Å². The molecule has 0 spiro atoms. The molecule has 1 aliphatic rings. The lowest BCUT2D eigenvalue weighted by Crippen LogP contribution is -2.29. The number of hydrogen-bond donors (Lipinski definition) is 2. The minimum Gasteiger partial charge on any atom is -0.508 e. The molecule has 16 heavy (non-hydrogen) atoms. The van der Waals surface area contributed by atoms with Gasteiger partial charge in [-0.3, -0.25) is 4.90 Å². The Hall–Kier alpha value is -1.06. The highest BCUT2D eigenvalue weighted by atomic mass is 16.3. The van der Waals surface area contributed by atoms with Crippen molar-refractivity contribution in [1.29, 1.82) is 0 Å². The zero-order valence-electron chi connectivity index (χ0n) is 9.52. The van der Waals surface area contributed by atoms with Gasteiger partial charge in [0, 0.05) is 12.1 Å². The molecule has 3 nitrogen and oxygen atoms in total. The Bertz CT molecular complexity index is 346. The number of aromatic hydroxyl groups is 1. The summed E-state index contributed by atoms with van der Waals surface area (Å²) >= 11 is 0. The summed E-state index contributed by atoms with van der Waals surface area (Å²) in [6, 6.07) is 5.35. The summed E-state index contributed by atoms with van der Waals surface area (Å²) in [5.74, 6) is 0.303. The van der Waals surface area contributed by atoms with Crippen LogP contribution in [0.4, 0.5) is 0 Å². The Kier molecular flexibility index (Phi) is 3.80. The van der Waals surface area contributed by atoms with E-state index in [2.05, 4.69) is 4.90 Å². The van der Waals surface area contributed by atoms with Gasteiger partial charge in [-0.2, -0.15) is 0 Å². The largest absolute Gasteiger partial charge is 0.508 e. The Morgan fingerprint density at radius 3 is 2.56 bits per heavy atom. The van der Waals surface area contributed by atoms with Gasteiger partial charge in [-0.25, -0.2) is 0 Å². The number of phenols is 1. The van der Waals surface area contributed by atoms with Gasteiger partial charge < -0.3 is 10.2 Å². The molecule has 1 aromatic carbocycles. The highest BCUT2D eigenvalue weighted by molar-refractivity contribution is 5.38. The van der Waals surface area contributed by atoms with E-state index in [0.29, 0.717) is 5.75 Å². The SMILES string of the molecule is OCc1cccc(O)c1CN1CCCCC1. The van der Waals surface area contributed by atoms with Crippen molar-refractivity contribution in [2.24, 2.45) is 0 Å². The molecule has 88 valence electrons. The number of aliphatic hydroxyl groups is 1. The van der Waals surface area contributed by atoms with Gasteiger partial charge in [0.05, 0.1) is 6.61 Å². The second-order valence-electron chi connectivity index (χ2n) is 4.41. The molecule has 0 aromatic heterocycles. The van der Waals surface area contributed by atoms with Crippen LogP contribution >= 0.6 is 0 Å². The lowest BCUT2D eigenvalue weighted by Gasteiger charge is -2.27. The van der Waals surface area contributed by atoms with E-state index in [0.717, 1.165) is 30.8 Å². The number of nitrogens with zero attached hydrogens (tertiary/aromatic N) is 1. The highest BCUT2D eigenvalue weighted by Crippen LogP contribution is 2.24. The minimum absolute atomic E-state index is 0.00241. The molecule has 2 rings (SSSR count). The zero-order chi connectivity index (χ0) is 11.4. The maximum Gasteiger partial charge on any atom is 0.120 e. The lowest BCUT2D eigenvalue weighted by molar-refractivity contribution is 0.214. The Morgan fingerprint density at radius 2 is 1.88 bits per heavy atom. The zero-order valence-corrected chi connectivity index (χ0v) is 9.52. The molecule has 0 saturated carbocycles. The minimum atomic E-state index is -0.00241. The maximum absolute atomic E-state index is 9.82. The molecule has 1 aliphatic heterocycles. The Morgan fingerprint density at radius 1 is 1.12 bits per heavy atom. The van der Waals surface area contributed by atoms with Crippen LogP contribution in [0.3, 0.4) is 0 Å². The van der Waals surface area contributed by atoms with Gasteiger partial charge in [0.2, 0.25) is 0 Å². The molecule has 1 fully saturated rings. The van der Waals surface area contributed by atoms with E-state index in [1.54, 1.807) is 12.1 Å². The number of likely N-dealkylation sites (tertiary alicyclic amines) is 1. The fourth-order valence-corrected chi connectivity index (χ4v) is 2.29. The summed E-state index contributed by atoms with van der Waals surface area (Å²) in [5.41, 5.74) is 1.72. The summed E-state index contributed by atoms with van der Waals surface area (Å²) < 4.78 is 0. The van der Waals surface area contributed by atoms with Crippen molar-refractivity contribution in [3.05, 3.63) is 29.3 Å². The topological polar surface area (TPSA) is 43.7 Å². The lowest BCUT2D eigenvalue weighted by atomic mass is 10.0. The van der Waals surface area contributed by atoms with E-state index < -0.39 is 0 Å². The van der Waals surface area contributed by atoms with Crippen LogP contribution in [0.2, 0.25) is 0 Å². The van der Waals surface area contributed by atoms with E-state index >= 15 is 0 Å². The standard InChI is InChI=1S/C13H19NO2/c15-10-11-5-4-6-13(16)12(11)9-14-7-2-1-3-8-14/h4-6,15-16H,1-3,7-10H2. The summed E-state index contributed by atoms with van der Waals surface area (Å²) in [6.07, 6.45) is 3.79. The number of rotatable bonds is 3. The van der Waals surface area contributed by atoms with E-state index in [-0.39, 0.29) is 6.61 Å². The summed E-state index contributed by atoms with van der Waals surface area (Å²) in [6.45, 7) is 2.94. The Balaban J connectivity index is 2.12. The van der Waals surface area contributed by atoms with Gasteiger partial charge in [0.1, 0.15) is 5.75 Å². The third kappa shape index (κ3) is 2.54. The van der Waals surface area contributed by atoms with E-state index in [1.807, 2.05) is 6.07 Å². The van der Waals surface area contributed by atoms with Crippen LogP contribution in [0.25, 0.3) is 0 Å². The van der Waals surface area contributed by atoms with Gasteiger partial charge in [-0.1, -0.05) is 18.6 Å². The second kappa shape index (κ2) is 5.32. The molecule has 0 aliphatic carbocycles. The molecule has 0 atom stereocenters. The van der Waals surface area contributed by atoms with Gasteiger partial charge in [0.25, 0.3) is 0 Å². The van der Waals surface area contributed by atoms with E-state index in [4.69, 9.17) is 0 Å². The maximum atomic E-state index is 9.82. The van der Waals surface area contributed by atoms with Crippen molar-refractivity contribution in [3.63, 3.8) is 0 Å². The first-order chi connectivity index (χ1) is 7.81. The third-order valence-electron chi connectivity index (χ3n) is 3.25. The normalized spacial score (nSPS) is 17.6. The van der Waals surface area contributed by atoms with Crippen molar-refractivity contribution < 1.29 is 10.2 Å². The first kappa shape index (κ1) is 11.4. The fraction of sp³-hybridized carbons (Fsp3) is 0.538. The first-order valence-corrected chi connectivity index (χ1v) is 5.94. The van der Waals surface area contributed by atoms with Crippen LogP contribution in [0, 0.1) is 0 Å². The van der Waals surface area contributed by atoms with Crippen molar-refractivity contribution in [2.75, 3.05) is 13.1 Å². The fourth-order valence-electron chi connectivity index (χ4n) is 2.29. The van der Waals surface area contributed by atoms with Gasteiger partial charge in [-0.05, 0) is 37.6 Å². The number of benzene rings is 1. The molecule has 1 aromatic rings. The molecule has 1 heterocycles. The average molecular weight is 221 g/mol. The molecule has 2 N–H and O–H groups in total. The predicted octanol–water partition coefficient (Wildman–Crippen LogP) is 1.87. The number of piperidine rings is 1. The molecular weight excluding hydrogens is 202 g/mol. The van der Waals surface area contributed by atoms with Crippen molar-refractivity contribution >= 4 is 0 Å². The molecular formula is C13H19NO2.